The van der Waals surface area contributed by atoms with Crippen LogP contribution in [0.1, 0.15) is 431 Å². The highest BCUT2D eigenvalue weighted by molar-refractivity contribution is 5.76. The van der Waals surface area contributed by atoms with Crippen LogP contribution in [0, 0.1) is 0 Å². The minimum absolute atomic E-state index is 0.0173. The van der Waals surface area contributed by atoms with Crippen LogP contribution in [0.2, 0.25) is 0 Å². The lowest BCUT2D eigenvalue weighted by Gasteiger charge is -2.22. The second-order valence-corrected chi connectivity index (χ2v) is 25.6. The first-order valence-electron chi connectivity index (χ1n) is 36.8. The summed E-state index contributed by atoms with van der Waals surface area (Å²) in [5, 5.41) is 23.5. The molecule has 0 aromatic heterocycles. The highest BCUT2D eigenvalue weighted by atomic mass is 16.5. The fourth-order valence-electron chi connectivity index (χ4n) is 12.1. The Morgan fingerprint density at radius 3 is 0.772 bits per heavy atom. The number of carbonyl (C=O) groups excluding carboxylic acids is 2. The number of amides is 1. The molecule has 0 saturated carbocycles. The lowest BCUT2D eigenvalue weighted by atomic mass is 10.0. The number of aliphatic hydroxyl groups is 2. The first kappa shape index (κ1) is 77.9. The number of rotatable bonds is 70. The van der Waals surface area contributed by atoms with Crippen molar-refractivity contribution in [1.29, 1.82) is 0 Å². The molecule has 0 spiro atoms. The van der Waals surface area contributed by atoms with Crippen LogP contribution in [0.3, 0.4) is 0 Å². The van der Waals surface area contributed by atoms with E-state index >= 15 is 0 Å². The van der Waals surface area contributed by atoms with Crippen LogP contribution in [0.15, 0.2) is 0 Å². The minimum Gasteiger partial charge on any atom is -0.466 e. The van der Waals surface area contributed by atoms with Gasteiger partial charge < -0.3 is 20.3 Å². The van der Waals surface area contributed by atoms with E-state index in [4.69, 9.17) is 4.74 Å². The molecule has 0 aliphatic rings. The van der Waals surface area contributed by atoms with E-state index in [2.05, 4.69) is 19.2 Å². The molecular weight excluding hydrogens is 971 g/mol. The Morgan fingerprint density at radius 2 is 0.519 bits per heavy atom. The second kappa shape index (κ2) is 69.4. The van der Waals surface area contributed by atoms with Crippen LogP contribution in [-0.2, 0) is 14.3 Å². The summed E-state index contributed by atoms with van der Waals surface area (Å²) in [5.74, 6) is -0.0123. The number of unbranched alkanes of at least 4 members (excludes halogenated alkanes) is 59. The zero-order valence-corrected chi connectivity index (χ0v) is 54.2. The minimum atomic E-state index is -0.666. The number of aliphatic hydroxyl groups excluding tert-OH is 2. The zero-order valence-electron chi connectivity index (χ0n) is 54.2. The number of esters is 1. The molecule has 3 N–H and O–H groups in total. The van der Waals surface area contributed by atoms with Gasteiger partial charge >= 0.3 is 5.97 Å². The number of nitrogens with one attached hydrogen (secondary N) is 1. The third-order valence-corrected chi connectivity index (χ3v) is 17.7. The van der Waals surface area contributed by atoms with Gasteiger partial charge in [0.15, 0.2) is 0 Å². The monoisotopic (exact) mass is 1120 g/mol. The molecule has 0 bridgehead atoms. The Balaban J connectivity index is 3.36. The van der Waals surface area contributed by atoms with Crippen molar-refractivity contribution in [3.8, 4) is 0 Å². The SMILES string of the molecule is CCCCCCCCCCCCCCCCCCCCCCCCCCCC(O)C(CO)NC(=O)CCCCCCCCCCCCCCCCCCCCCCCOC(=O)CCCCCCCCCCCCCCCCCC. The molecular formula is C73H145NO5. The highest BCUT2D eigenvalue weighted by Gasteiger charge is 2.20. The Labute approximate surface area is 496 Å². The van der Waals surface area contributed by atoms with Gasteiger partial charge in [-0.25, -0.2) is 0 Å². The van der Waals surface area contributed by atoms with Crippen molar-refractivity contribution < 1.29 is 24.5 Å². The molecule has 79 heavy (non-hydrogen) atoms. The molecule has 472 valence electrons. The van der Waals surface area contributed by atoms with Crippen molar-refractivity contribution in [2.24, 2.45) is 0 Å². The number of hydrogen-bond acceptors (Lipinski definition) is 5. The summed E-state index contributed by atoms with van der Waals surface area (Å²) >= 11 is 0. The lowest BCUT2D eigenvalue weighted by Crippen LogP contribution is -2.45. The van der Waals surface area contributed by atoms with Crippen molar-refractivity contribution in [3.63, 3.8) is 0 Å². The van der Waals surface area contributed by atoms with E-state index in [0.29, 0.717) is 25.9 Å². The van der Waals surface area contributed by atoms with Crippen molar-refractivity contribution in [3.05, 3.63) is 0 Å². The maximum atomic E-state index is 12.6. The molecule has 0 rings (SSSR count). The van der Waals surface area contributed by atoms with Crippen LogP contribution < -0.4 is 5.32 Å². The van der Waals surface area contributed by atoms with Gasteiger partial charge in [-0.2, -0.15) is 0 Å². The van der Waals surface area contributed by atoms with Crippen LogP contribution in [0.5, 0.6) is 0 Å². The fourth-order valence-corrected chi connectivity index (χ4v) is 12.1. The summed E-state index contributed by atoms with van der Waals surface area (Å²) in [7, 11) is 0. The Hall–Kier alpha value is -1.14. The molecule has 0 aliphatic heterocycles. The highest BCUT2D eigenvalue weighted by Crippen LogP contribution is 2.20. The van der Waals surface area contributed by atoms with Gasteiger partial charge in [0.2, 0.25) is 5.91 Å². The molecule has 0 radical (unpaired) electrons. The number of hydrogen-bond donors (Lipinski definition) is 3. The van der Waals surface area contributed by atoms with E-state index in [1.54, 1.807) is 0 Å². The first-order chi connectivity index (χ1) is 39.0. The largest absolute Gasteiger partial charge is 0.466 e. The molecule has 6 heteroatoms. The summed E-state index contributed by atoms with van der Waals surface area (Å²) in [4.78, 5) is 24.7. The van der Waals surface area contributed by atoms with E-state index in [1.165, 1.54) is 360 Å². The number of carbonyl (C=O) groups is 2. The summed E-state index contributed by atoms with van der Waals surface area (Å²) in [6.07, 6.45) is 84.4. The Bertz CT molecular complexity index is 1150. The predicted octanol–water partition coefficient (Wildman–Crippen LogP) is 23.8. The van der Waals surface area contributed by atoms with Crippen LogP contribution in [0.25, 0.3) is 0 Å². The molecule has 2 atom stereocenters. The predicted molar refractivity (Wildman–Crippen MR) is 347 cm³/mol. The van der Waals surface area contributed by atoms with Crippen molar-refractivity contribution in [1.82, 2.24) is 5.32 Å². The zero-order chi connectivity index (χ0) is 57.1. The second-order valence-electron chi connectivity index (χ2n) is 25.6. The van der Waals surface area contributed by atoms with Crippen LogP contribution in [-0.4, -0.2) is 47.4 Å². The third kappa shape index (κ3) is 65.9. The van der Waals surface area contributed by atoms with Gasteiger partial charge in [-0.05, 0) is 25.7 Å². The van der Waals surface area contributed by atoms with Gasteiger partial charge in [0, 0.05) is 12.8 Å². The molecule has 0 fully saturated rings. The molecule has 0 heterocycles. The van der Waals surface area contributed by atoms with Gasteiger partial charge in [0.1, 0.15) is 0 Å². The maximum absolute atomic E-state index is 12.6. The molecule has 1 amide bonds. The van der Waals surface area contributed by atoms with Crippen molar-refractivity contribution in [2.75, 3.05) is 13.2 Å². The average Bonchev–Trinajstić information content (AvgIpc) is 3.45. The van der Waals surface area contributed by atoms with Gasteiger partial charge in [-0.15, -0.1) is 0 Å². The van der Waals surface area contributed by atoms with Crippen LogP contribution >= 0.6 is 0 Å². The van der Waals surface area contributed by atoms with E-state index in [0.717, 1.165) is 38.5 Å². The first-order valence-corrected chi connectivity index (χ1v) is 36.8. The molecule has 0 saturated heterocycles. The molecule has 0 aromatic carbocycles. The smallest absolute Gasteiger partial charge is 0.305 e. The Morgan fingerprint density at radius 1 is 0.304 bits per heavy atom. The van der Waals surface area contributed by atoms with Gasteiger partial charge in [-0.3, -0.25) is 9.59 Å². The Kier molecular flexibility index (Phi) is 68.4. The van der Waals surface area contributed by atoms with E-state index < -0.39 is 12.1 Å². The van der Waals surface area contributed by atoms with Crippen molar-refractivity contribution >= 4 is 11.9 Å². The molecule has 2 unspecified atom stereocenters. The van der Waals surface area contributed by atoms with Crippen molar-refractivity contribution in [2.45, 2.75) is 443 Å². The van der Waals surface area contributed by atoms with E-state index in [9.17, 15) is 19.8 Å². The average molecular weight is 1120 g/mol. The normalized spacial score (nSPS) is 12.4. The topological polar surface area (TPSA) is 95.9 Å². The summed E-state index contributed by atoms with van der Waals surface area (Å²) < 4.78 is 5.50. The fraction of sp³-hybridized carbons (Fsp3) is 0.973. The quantitative estimate of drug-likeness (QED) is 0.0417. The third-order valence-electron chi connectivity index (χ3n) is 17.7. The van der Waals surface area contributed by atoms with Gasteiger partial charge in [0.05, 0.1) is 25.4 Å². The standard InChI is InChI=1S/C73H145NO5/c1-3-5-7-9-11-13-15-17-19-21-22-23-24-25-26-28-31-34-37-41-45-49-53-57-61-65-71(76)70(69-75)74-72(77)66-62-58-54-50-46-42-38-35-32-29-27-30-33-36-40-44-48-52-56-60-64-68-79-73(78)67-63-59-55-51-47-43-39-20-18-16-14-12-10-8-6-4-2/h70-71,75-76H,3-69H2,1-2H3,(H,74,77). The molecule has 0 aromatic rings. The van der Waals surface area contributed by atoms with E-state index in [1.807, 2.05) is 0 Å². The number of ether oxygens (including phenoxy) is 1. The van der Waals surface area contributed by atoms with Gasteiger partial charge in [0.25, 0.3) is 0 Å². The van der Waals surface area contributed by atoms with Crippen LogP contribution in [0.4, 0.5) is 0 Å². The van der Waals surface area contributed by atoms with Gasteiger partial charge in [-0.1, -0.05) is 393 Å². The lowest BCUT2D eigenvalue weighted by molar-refractivity contribution is -0.143. The molecule has 0 aliphatic carbocycles. The summed E-state index contributed by atoms with van der Waals surface area (Å²) in [6, 6.07) is -0.543. The van der Waals surface area contributed by atoms with E-state index in [-0.39, 0.29) is 18.5 Å². The molecule has 6 nitrogen and oxygen atoms in total. The summed E-state index contributed by atoms with van der Waals surface area (Å²) in [6.45, 7) is 5.01. The summed E-state index contributed by atoms with van der Waals surface area (Å²) in [5.41, 5.74) is 0. The maximum Gasteiger partial charge on any atom is 0.305 e.